The molecule has 0 heterocycles. The summed E-state index contributed by atoms with van der Waals surface area (Å²) in [6.45, 7) is 0. The summed E-state index contributed by atoms with van der Waals surface area (Å²) in [4.78, 5) is 11.3. The van der Waals surface area contributed by atoms with Gasteiger partial charge in [-0.3, -0.25) is 0 Å². The van der Waals surface area contributed by atoms with Gasteiger partial charge in [0.1, 0.15) is 5.75 Å². The SMILES string of the molecule is O=C(O)/C(=C\c1ccc(Br)cc1)c1cccc(O)c1. The Hall–Kier alpha value is -2.07. The van der Waals surface area contributed by atoms with Crippen molar-refractivity contribution >= 4 is 33.5 Å². The summed E-state index contributed by atoms with van der Waals surface area (Å²) in [5, 5.41) is 18.7. The first-order chi connectivity index (χ1) is 9.06. The fraction of sp³-hybridized carbons (Fsp3) is 0. The highest BCUT2D eigenvalue weighted by Crippen LogP contribution is 2.22. The summed E-state index contributed by atoms with van der Waals surface area (Å²) in [7, 11) is 0. The minimum Gasteiger partial charge on any atom is -0.508 e. The summed E-state index contributed by atoms with van der Waals surface area (Å²) in [5.74, 6) is -0.992. The van der Waals surface area contributed by atoms with E-state index in [9.17, 15) is 15.0 Å². The van der Waals surface area contributed by atoms with Gasteiger partial charge in [-0.2, -0.15) is 0 Å². The van der Waals surface area contributed by atoms with Crippen molar-refractivity contribution in [3.05, 3.63) is 64.1 Å². The van der Waals surface area contributed by atoms with E-state index in [1.807, 2.05) is 24.3 Å². The Bertz CT molecular complexity index is 630. The van der Waals surface area contributed by atoms with Gasteiger partial charge in [-0.25, -0.2) is 4.79 Å². The maximum Gasteiger partial charge on any atom is 0.336 e. The van der Waals surface area contributed by atoms with E-state index >= 15 is 0 Å². The topological polar surface area (TPSA) is 57.5 Å². The van der Waals surface area contributed by atoms with Gasteiger partial charge in [0.05, 0.1) is 5.57 Å². The first kappa shape index (κ1) is 13.4. The molecule has 2 aromatic rings. The average Bonchev–Trinajstić information content (AvgIpc) is 2.37. The van der Waals surface area contributed by atoms with Crippen LogP contribution in [-0.2, 0) is 4.79 Å². The van der Waals surface area contributed by atoms with Gasteiger partial charge >= 0.3 is 5.97 Å². The predicted octanol–water partition coefficient (Wildman–Crippen LogP) is 3.78. The van der Waals surface area contributed by atoms with E-state index in [0.29, 0.717) is 5.56 Å². The average molecular weight is 319 g/mol. The van der Waals surface area contributed by atoms with Crippen LogP contribution in [-0.4, -0.2) is 16.2 Å². The number of hydrogen-bond acceptors (Lipinski definition) is 2. The highest BCUT2D eigenvalue weighted by molar-refractivity contribution is 9.10. The van der Waals surface area contributed by atoms with Crippen LogP contribution in [0.15, 0.2) is 53.0 Å². The predicted molar refractivity (Wildman–Crippen MR) is 77.8 cm³/mol. The van der Waals surface area contributed by atoms with Crippen molar-refractivity contribution < 1.29 is 15.0 Å². The Morgan fingerprint density at radius 3 is 2.37 bits per heavy atom. The second-order valence-electron chi connectivity index (χ2n) is 3.97. The van der Waals surface area contributed by atoms with Gasteiger partial charge in [0.15, 0.2) is 0 Å². The Balaban J connectivity index is 2.46. The first-order valence-electron chi connectivity index (χ1n) is 5.56. The van der Waals surface area contributed by atoms with E-state index in [1.165, 1.54) is 12.1 Å². The lowest BCUT2D eigenvalue weighted by atomic mass is 10.0. The Morgan fingerprint density at radius 1 is 1.11 bits per heavy atom. The van der Waals surface area contributed by atoms with E-state index in [4.69, 9.17) is 0 Å². The van der Waals surface area contributed by atoms with Crippen LogP contribution in [0, 0.1) is 0 Å². The summed E-state index contributed by atoms with van der Waals surface area (Å²) < 4.78 is 0.930. The van der Waals surface area contributed by atoms with Gasteiger partial charge in [-0.05, 0) is 41.5 Å². The number of carboxylic acids is 1. The van der Waals surface area contributed by atoms with Crippen LogP contribution in [0.2, 0.25) is 0 Å². The third-order valence-corrected chi connectivity index (χ3v) is 3.10. The number of benzene rings is 2. The molecule has 0 radical (unpaired) electrons. The maximum absolute atomic E-state index is 11.3. The quantitative estimate of drug-likeness (QED) is 0.669. The fourth-order valence-corrected chi connectivity index (χ4v) is 1.93. The Kier molecular flexibility index (Phi) is 4.02. The number of phenols is 1. The molecule has 0 atom stereocenters. The van der Waals surface area contributed by atoms with E-state index in [-0.39, 0.29) is 11.3 Å². The van der Waals surface area contributed by atoms with Gasteiger partial charge in [-0.1, -0.05) is 40.2 Å². The van der Waals surface area contributed by atoms with Crippen molar-refractivity contribution in [2.45, 2.75) is 0 Å². The number of carbonyl (C=O) groups is 1. The molecule has 0 unspecified atom stereocenters. The minimum atomic E-state index is -1.03. The molecule has 0 amide bonds. The van der Waals surface area contributed by atoms with Crippen molar-refractivity contribution in [2.75, 3.05) is 0 Å². The fourth-order valence-electron chi connectivity index (χ4n) is 1.67. The zero-order valence-electron chi connectivity index (χ0n) is 9.88. The van der Waals surface area contributed by atoms with Crippen molar-refractivity contribution in [1.82, 2.24) is 0 Å². The van der Waals surface area contributed by atoms with Crippen LogP contribution in [0.4, 0.5) is 0 Å². The molecule has 0 aromatic heterocycles. The molecule has 0 spiro atoms. The zero-order valence-corrected chi connectivity index (χ0v) is 11.5. The minimum absolute atomic E-state index is 0.0421. The number of carboxylic acid groups (broad SMARTS) is 1. The molecule has 2 aromatic carbocycles. The molecule has 4 heteroatoms. The monoisotopic (exact) mass is 318 g/mol. The van der Waals surface area contributed by atoms with Crippen LogP contribution in [0.5, 0.6) is 5.75 Å². The van der Waals surface area contributed by atoms with Crippen LogP contribution in [0.3, 0.4) is 0 Å². The molecule has 2 rings (SSSR count). The van der Waals surface area contributed by atoms with Crippen molar-refractivity contribution in [1.29, 1.82) is 0 Å². The Morgan fingerprint density at radius 2 is 1.79 bits per heavy atom. The number of hydrogen-bond donors (Lipinski definition) is 2. The second kappa shape index (κ2) is 5.71. The van der Waals surface area contributed by atoms with Crippen LogP contribution < -0.4 is 0 Å². The molecule has 0 aliphatic heterocycles. The number of phenolic OH excluding ortho intramolecular Hbond substituents is 1. The molecule has 0 saturated carbocycles. The molecule has 19 heavy (non-hydrogen) atoms. The number of aromatic hydroxyl groups is 1. The van der Waals surface area contributed by atoms with Gasteiger partial charge in [0.25, 0.3) is 0 Å². The van der Waals surface area contributed by atoms with Crippen molar-refractivity contribution in [3.8, 4) is 5.75 Å². The highest BCUT2D eigenvalue weighted by atomic mass is 79.9. The van der Waals surface area contributed by atoms with Gasteiger partial charge < -0.3 is 10.2 Å². The third-order valence-electron chi connectivity index (χ3n) is 2.57. The standard InChI is InChI=1S/C15H11BrO3/c16-12-6-4-10(5-7-12)8-14(15(18)19)11-2-1-3-13(17)9-11/h1-9,17H,(H,18,19)/b14-8-. The molecular formula is C15H11BrO3. The van der Waals surface area contributed by atoms with E-state index in [0.717, 1.165) is 10.0 Å². The summed E-state index contributed by atoms with van der Waals surface area (Å²) in [6.07, 6.45) is 1.57. The lowest BCUT2D eigenvalue weighted by Gasteiger charge is -2.04. The zero-order chi connectivity index (χ0) is 13.8. The van der Waals surface area contributed by atoms with E-state index < -0.39 is 5.97 Å². The van der Waals surface area contributed by atoms with Gasteiger partial charge in [-0.15, -0.1) is 0 Å². The molecular weight excluding hydrogens is 308 g/mol. The lowest BCUT2D eigenvalue weighted by molar-refractivity contribution is -0.130. The number of rotatable bonds is 3. The summed E-state index contributed by atoms with van der Waals surface area (Å²) >= 11 is 3.32. The summed E-state index contributed by atoms with van der Waals surface area (Å²) in [6, 6.07) is 13.5. The molecule has 0 aliphatic rings. The van der Waals surface area contributed by atoms with E-state index in [2.05, 4.69) is 15.9 Å². The maximum atomic E-state index is 11.3. The van der Waals surface area contributed by atoms with Crippen LogP contribution in [0.25, 0.3) is 11.6 Å². The van der Waals surface area contributed by atoms with Gasteiger partial charge in [0, 0.05) is 4.47 Å². The molecule has 2 N–H and O–H groups in total. The largest absolute Gasteiger partial charge is 0.508 e. The molecule has 0 saturated heterocycles. The molecule has 96 valence electrons. The van der Waals surface area contributed by atoms with Gasteiger partial charge in [0.2, 0.25) is 0 Å². The second-order valence-corrected chi connectivity index (χ2v) is 4.88. The van der Waals surface area contributed by atoms with E-state index in [1.54, 1.807) is 18.2 Å². The number of aliphatic carboxylic acids is 1. The first-order valence-corrected chi connectivity index (χ1v) is 6.35. The normalized spacial score (nSPS) is 11.3. The van der Waals surface area contributed by atoms with Crippen molar-refractivity contribution in [2.24, 2.45) is 0 Å². The molecule has 0 fully saturated rings. The van der Waals surface area contributed by atoms with Crippen LogP contribution >= 0.6 is 15.9 Å². The highest BCUT2D eigenvalue weighted by Gasteiger charge is 2.10. The Labute approximate surface area is 119 Å². The summed E-state index contributed by atoms with van der Waals surface area (Å²) in [5.41, 5.74) is 1.39. The lowest BCUT2D eigenvalue weighted by Crippen LogP contribution is -1.99. The third kappa shape index (κ3) is 3.45. The number of halogens is 1. The van der Waals surface area contributed by atoms with Crippen LogP contribution in [0.1, 0.15) is 11.1 Å². The molecule has 0 aliphatic carbocycles. The molecule has 0 bridgehead atoms. The molecule has 3 nitrogen and oxygen atoms in total. The van der Waals surface area contributed by atoms with Crippen molar-refractivity contribution in [3.63, 3.8) is 0 Å². The smallest absolute Gasteiger partial charge is 0.336 e.